The number of carbonyl (C=O) groups excluding carboxylic acids is 2. The van der Waals surface area contributed by atoms with Crippen LogP contribution in [0.4, 0.5) is 0 Å². The maximum absolute atomic E-state index is 12.2. The minimum absolute atomic E-state index is 0. The van der Waals surface area contributed by atoms with Crippen molar-refractivity contribution >= 4 is 11.9 Å². The molecule has 2 aromatic rings. The van der Waals surface area contributed by atoms with E-state index in [1.807, 2.05) is 42.9 Å². The molecular weight excluding hydrogens is 467 g/mol. The van der Waals surface area contributed by atoms with Crippen molar-refractivity contribution in [1.29, 1.82) is 0 Å². The van der Waals surface area contributed by atoms with Gasteiger partial charge in [-0.05, 0) is 36.5 Å². The van der Waals surface area contributed by atoms with Crippen molar-refractivity contribution in [3.8, 4) is 0 Å². The van der Waals surface area contributed by atoms with Crippen molar-refractivity contribution in [3.63, 3.8) is 0 Å². The second kappa shape index (κ2) is 11.8. The van der Waals surface area contributed by atoms with Crippen molar-refractivity contribution in [2.24, 2.45) is 13.0 Å². The lowest BCUT2D eigenvalue weighted by Crippen LogP contribution is -3.00. The topological polar surface area (TPSA) is 59.3 Å². The molecule has 152 valence electrons. The third-order valence-corrected chi connectivity index (χ3v) is 4.31. The second-order valence-electron chi connectivity index (χ2n) is 7.24. The van der Waals surface area contributed by atoms with Crippen molar-refractivity contribution in [1.82, 2.24) is 5.32 Å². The number of esters is 1. The number of hydrogen-bond acceptors (Lipinski definition) is 3. The molecule has 6 heteroatoms. The molecule has 0 radical (unpaired) electrons. The van der Waals surface area contributed by atoms with Crippen LogP contribution >= 0.6 is 0 Å². The van der Waals surface area contributed by atoms with Gasteiger partial charge in [-0.15, -0.1) is 0 Å². The average molecular weight is 496 g/mol. The Morgan fingerprint density at radius 2 is 1.79 bits per heavy atom. The highest BCUT2D eigenvalue weighted by atomic mass is 127. The minimum Gasteiger partial charge on any atom is -1.00 e. The number of aryl methyl sites for hydroxylation is 1. The predicted octanol–water partition coefficient (Wildman–Crippen LogP) is -0.210. The van der Waals surface area contributed by atoms with Crippen LogP contribution in [-0.4, -0.2) is 25.0 Å². The number of nitrogens with one attached hydrogen (secondary N) is 1. The number of aromatic nitrogens is 1. The lowest BCUT2D eigenvalue weighted by atomic mass is 9.97. The molecule has 1 aromatic heterocycles. The van der Waals surface area contributed by atoms with Gasteiger partial charge in [0.05, 0.1) is 12.5 Å². The maximum atomic E-state index is 12.2. The average Bonchev–Trinajstić information content (AvgIpc) is 2.64. The van der Waals surface area contributed by atoms with Crippen LogP contribution in [0.15, 0.2) is 48.8 Å². The quantitative estimate of drug-likeness (QED) is 0.238. The number of amides is 1. The normalized spacial score (nSPS) is 11.5. The lowest BCUT2D eigenvalue weighted by Gasteiger charge is -2.13. The summed E-state index contributed by atoms with van der Waals surface area (Å²) < 4.78 is 7.11. The summed E-state index contributed by atoms with van der Waals surface area (Å²) in [7, 11) is 1.86. The Morgan fingerprint density at radius 1 is 1.11 bits per heavy atom. The van der Waals surface area contributed by atoms with Gasteiger partial charge in [-0.2, -0.15) is 0 Å². The maximum Gasteiger partial charge on any atom is 0.313 e. The van der Waals surface area contributed by atoms with E-state index in [0.717, 1.165) is 12.0 Å². The zero-order valence-corrected chi connectivity index (χ0v) is 19.1. The molecule has 1 heterocycles. The molecule has 0 aliphatic carbocycles. The first-order chi connectivity index (χ1) is 12.9. The Balaban J connectivity index is 0.00000392. The molecule has 0 saturated heterocycles. The van der Waals surface area contributed by atoms with Crippen LogP contribution in [0.2, 0.25) is 0 Å². The predicted molar refractivity (Wildman–Crippen MR) is 104 cm³/mol. The van der Waals surface area contributed by atoms with Crippen LogP contribution in [0.3, 0.4) is 0 Å². The third kappa shape index (κ3) is 7.58. The number of carbonyl (C=O) groups is 2. The molecule has 0 spiro atoms. The van der Waals surface area contributed by atoms with Gasteiger partial charge in [0.25, 0.3) is 5.91 Å². The molecule has 1 amide bonds. The molecule has 1 atom stereocenters. The summed E-state index contributed by atoms with van der Waals surface area (Å²) >= 11 is 0. The molecule has 0 fully saturated rings. The molecular formula is C22H29IN2O3. The number of halogens is 1. The first kappa shape index (κ1) is 24.1. The van der Waals surface area contributed by atoms with E-state index in [9.17, 15) is 9.59 Å². The number of nitrogens with zero attached hydrogens (tertiary/aromatic N) is 1. The molecule has 0 bridgehead atoms. The van der Waals surface area contributed by atoms with Crippen LogP contribution < -0.4 is 33.9 Å². The fourth-order valence-electron chi connectivity index (χ4n) is 2.82. The zero-order chi connectivity index (χ0) is 19.8. The summed E-state index contributed by atoms with van der Waals surface area (Å²) in [5.74, 6) is -0.197. The standard InChI is InChI=1S/C22H28N2O3.HI/c1-16(2)14-18-7-9-19(10-8-18)17(3)22(26)27-13-11-23-21(25)20-6-5-12-24(4)15-20;/h5-10,12,15-17H,11,13-14H2,1-4H3;1H. The van der Waals surface area contributed by atoms with Gasteiger partial charge < -0.3 is 34.0 Å². The molecule has 5 nitrogen and oxygen atoms in total. The van der Waals surface area contributed by atoms with Gasteiger partial charge in [0, 0.05) is 6.07 Å². The molecule has 0 saturated carbocycles. The number of pyridine rings is 1. The second-order valence-corrected chi connectivity index (χ2v) is 7.24. The smallest absolute Gasteiger partial charge is 0.313 e. The van der Waals surface area contributed by atoms with E-state index in [2.05, 4.69) is 31.3 Å². The van der Waals surface area contributed by atoms with Gasteiger partial charge in [0.15, 0.2) is 12.4 Å². The Hall–Kier alpha value is -1.96. The third-order valence-electron chi connectivity index (χ3n) is 4.31. The van der Waals surface area contributed by atoms with E-state index < -0.39 is 0 Å². The van der Waals surface area contributed by atoms with Crippen LogP contribution in [0.25, 0.3) is 0 Å². The molecule has 1 aromatic carbocycles. The van der Waals surface area contributed by atoms with Gasteiger partial charge in [0.1, 0.15) is 19.2 Å². The number of benzene rings is 1. The van der Waals surface area contributed by atoms with Crippen LogP contribution in [0.5, 0.6) is 0 Å². The number of rotatable bonds is 8. The summed E-state index contributed by atoms with van der Waals surface area (Å²) in [4.78, 5) is 24.3. The van der Waals surface area contributed by atoms with E-state index in [0.29, 0.717) is 11.5 Å². The van der Waals surface area contributed by atoms with Crippen molar-refractivity contribution in [2.75, 3.05) is 13.2 Å². The molecule has 28 heavy (non-hydrogen) atoms. The summed E-state index contributed by atoms with van der Waals surface area (Å²) in [6, 6.07) is 11.7. The summed E-state index contributed by atoms with van der Waals surface area (Å²) in [5, 5.41) is 2.76. The van der Waals surface area contributed by atoms with E-state index in [4.69, 9.17) is 4.74 Å². The highest BCUT2D eigenvalue weighted by Gasteiger charge is 2.17. The molecule has 0 aliphatic heterocycles. The number of ether oxygens (including phenoxy) is 1. The SMILES string of the molecule is CC(C)Cc1ccc(C(C)C(=O)OCCNC(=O)c2ccc[n+](C)c2)cc1.[I-]. The molecule has 1 unspecified atom stereocenters. The van der Waals surface area contributed by atoms with Gasteiger partial charge in [0.2, 0.25) is 0 Å². The monoisotopic (exact) mass is 496 g/mol. The highest BCUT2D eigenvalue weighted by molar-refractivity contribution is 5.93. The van der Waals surface area contributed by atoms with Crippen molar-refractivity contribution in [2.45, 2.75) is 33.1 Å². The summed E-state index contributed by atoms with van der Waals surface area (Å²) in [6.07, 6.45) is 4.62. The van der Waals surface area contributed by atoms with Gasteiger partial charge >= 0.3 is 5.97 Å². The molecule has 0 aliphatic rings. The first-order valence-corrected chi connectivity index (χ1v) is 9.35. The van der Waals surface area contributed by atoms with Crippen molar-refractivity contribution in [3.05, 3.63) is 65.5 Å². The Morgan fingerprint density at radius 3 is 2.39 bits per heavy atom. The fourth-order valence-corrected chi connectivity index (χ4v) is 2.82. The summed E-state index contributed by atoms with van der Waals surface area (Å²) in [6.45, 7) is 6.64. The Labute approximate surface area is 184 Å². The van der Waals surface area contributed by atoms with E-state index >= 15 is 0 Å². The van der Waals surface area contributed by atoms with E-state index in [1.165, 1.54) is 5.56 Å². The Kier molecular flexibility index (Phi) is 10.1. The van der Waals surface area contributed by atoms with Crippen LogP contribution in [-0.2, 0) is 23.0 Å². The summed E-state index contributed by atoms with van der Waals surface area (Å²) in [5.41, 5.74) is 2.78. The molecule has 1 N–H and O–H groups in total. The van der Waals surface area contributed by atoms with E-state index in [-0.39, 0.29) is 54.9 Å². The van der Waals surface area contributed by atoms with Gasteiger partial charge in [-0.1, -0.05) is 38.1 Å². The minimum atomic E-state index is -0.332. The number of hydrogen-bond donors (Lipinski definition) is 1. The Bertz CT molecular complexity index is 776. The highest BCUT2D eigenvalue weighted by Crippen LogP contribution is 2.18. The lowest BCUT2D eigenvalue weighted by molar-refractivity contribution is -0.671. The van der Waals surface area contributed by atoms with Crippen molar-refractivity contribution < 1.29 is 42.9 Å². The largest absolute Gasteiger partial charge is 1.00 e. The van der Waals surface area contributed by atoms with E-state index in [1.54, 1.807) is 12.3 Å². The first-order valence-electron chi connectivity index (χ1n) is 9.35. The van der Waals surface area contributed by atoms with Crippen LogP contribution in [0.1, 0.15) is 48.2 Å². The fraction of sp³-hybridized carbons (Fsp3) is 0.409. The van der Waals surface area contributed by atoms with Gasteiger partial charge in [-0.25, -0.2) is 4.57 Å². The van der Waals surface area contributed by atoms with Gasteiger partial charge in [-0.3, -0.25) is 9.59 Å². The zero-order valence-electron chi connectivity index (χ0n) is 16.9. The van der Waals surface area contributed by atoms with Crippen LogP contribution in [0, 0.1) is 5.92 Å². The molecule has 2 rings (SSSR count).